The van der Waals surface area contributed by atoms with Crippen LogP contribution in [0.4, 0.5) is 0 Å². The molecule has 3 aliphatic rings. The number of nitrogens with one attached hydrogen (secondary N) is 1. The van der Waals surface area contributed by atoms with Gasteiger partial charge in [0, 0.05) is 17.1 Å². The highest BCUT2D eigenvalue weighted by molar-refractivity contribution is 6.04. The van der Waals surface area contributed by atoms with Crippen LogP contribution in [0.25, 0.3) is 10.9 Å². The highest BCUT2D eigenvalue weighted by Crippen LogP contribution is 2.38. The number of piperidine rings is 3. The van der Waals surface area contributed by atoms with E-state index in [2.05, 4.69) is 9.88 Å². The topological polar surface area (TPSA) is 62.4 Å². The predicted octanol–water partition coefficient (Wildman–Crippen LogP) is 1.99. The molecule has 0 unspecified atom stereocenters. The van der Waals surface area contributed by atoms with Crippen LogP contribution in [0.1, 0.15) is 23.2 Å². The monoisotopic (exact) mass is 298 g/mol. The Hall–Kier alpha value is -2.14. The minimum absolute atomic E-state index is 0.206. The summed E-state index contributed by atoms with van der Waals surface area (Å²) in [5.74, 6) is -0.135. The van der Waals surface area contributed by atoms with Gasteiger partial charge in [0.2, 0.25) is 0 Å². The van der Waals surface area contributed by atoms with E-state index in [1.54, 1.807) is 6.20 Å². The summed E-state index contributed by atoms with van der Waals surface area (Å²) in [6.07, 6.45) is 3.27. The number of Topliss-reactive ketones (excluding diaryl/α,β-unsaturated/α-hetero) is 1. The summed E-state index contributed by atoms with van der Waals surface area (Å²) in [4.78, 5) is 29.9. The van der Waals surface area contributed by atoms with E-state index in [-0.39, 0.29) is 18.4 Å². The molecule has 0 amide bonds. The Kier molecular flexibility index (Phi) is 3.04. The van der Waals surface area contributed by atoms with Crippen molar-refractivity contribution in [2.24, 2.45) is 5.41 Å². The second-order valence-electron chi connectivity index (χ2n) is 6.30. The van der Waals surface area contributed by atoms with Crippen molar-refractivity contribution in [3.63, 3.8) is 0 Å². The molecule has 1 N–H and O–H groups in total. The average molecular weight is 298 g/mol. The zero-order chi connectivity index (χ0) is 15.2. The van der Waals surface area contributed by atoms with Crippen LogP contribution in [-0.4, -0.2) is 47.9 Å². The second-order valence-corrected chi connectivity index (χ2v) is 6.30. The Balaban J connectivity index is 1.52. The normalized spacial score (nSPS) is 27.3. The van der Waals surface area contributed by atoms with Crippen molar-refractivity contribution in [1.82, 2.24) is 9.88 Å². The first-order chi connectivity index (χ1) is 10.7. The first-order valence-electron chi connectivity index (χ1n) is 7.67. The molecule has 1 aromatic carbocycles. The largest absolute Gasteiger partial charge is 0.461 e. The molecule has 5 heteroatoms. The van der Waals surface area contributed by atoms with Gasteiger partial charge in [-0.15, -0.1) is 0 Å². The zero-order valence-corrected chi connectivity index (χ0v) is 12.3. The lowest BCUT2D eigenvalue weighted by molar-refractivity contribution is -0.143. The number of aromatic nitrogens is 1. The number of benzene rings is 1. The minimum atomic E-state index is -0.448. The number of carbonyl (C=O) groups is 2. The van der Waals surface area contributed by atoms with Gasteiger partial charge in [-0.3, -0.25) is 9.69 Å². The van der Waals surface area contributed by atoms with Crippen molar-refractivity contribution in [2.45, 2.75) is 12.8 Å². The van der Waals surface area contributed by atoms with Gasteiger partial charge >= 0.3 is 5.97 Å². The van der Waals surface area contributed by atoms with E-state index in [0.717, 1.165) is 36.8 Å². The number of fused-ring (bicyclic) bond motifs is 4. The summed E-state index contributed by atoms with van der Waals surface area (Å²) < 4.78 is 5.53. The van der Waals surface area contributed by atoms with Crippen molar-refractivity contribution < 1.29 is 14.3 Å². The molecule has 3 aliphatic heterocycles. The molecule has 2 aromatic rings. The molecular weight excluding hydrogens is 280 g/mol. The van der Waals surface area contributed by atoms with E-state index in [0.29, 0.717) is 12.1 Å². The fourth-order valence-electron chi connectivity index (χ4n) is 3.54. The van der Waals surface area contributed by atoms with Crippen molar-refractivity contribution >= 4 is 22.7 Å². The van der Waals surface area contributed by atoms with Crippen LogP contribution in [0.5, 0.6) is 0 Å². The van der Waals surface area contributed by atoms with Crippen LogP contribution in [0.3, 0.4) is 0 Å². The Labute approximate surface area is 128 Å². The summed E-state index contributed by atoms with van der Waals surface area (Å²) in [6.45, 7) is 2.56. The standard InChI is InChI=1S/C17H18N2O3/c20-15-10-19-7-5-17(15,6-8-19)11-22-16(21)13-9-18-14-4-2-1-3-12(13)14/h1-4,9,18H,5-8,10-11H2. The van der Waals surface area contributed by atoms with E-state index in [1.807, 2.05) is 24.3 Å². The highest BCUT2D eigenvalue weighted by atomic mass is 16.5. The van der Waals surface area contributed by atoms with Crippen LogP contribution in [0.15, 0.2) is 30.5 Å². The van der Waals surface area contributed by atoms with Crippen molar-refractivity contribution in [3.05, 3.63) is 36.0 Å². The zero-order valence-electron chi connectivity index (χ0n) is 12.3. The molecule has 1 aromatic heterocycles. The number of esters is 1. The Bertz CT molecular complexity index is 741. The van der Waals surface area contributed by atoms with E-state index >= 15 is 0 Å². The third-order valence-electron chi connectivity index (χ3n) is 5.06. The van der Waals surface area contributed by atoms with Gasteiger partial charge in [0.1, 0.15) is 6.61 Å². The fraction of sp³-hybridized carbons (Fsp3) is 0.412. The molecule has 0 spiro atoms. The number of nitrogens with zero attached hydrogens (tertiary/aromatic N) is 1. The Morgan fingerprint density at radius 1 is 1.27 bits per heavy atom. The van der Waals surface area contributed by atoms with Crippen molar-refractivity contribution in [2.75, 3.05) is 26.2 Å². The summed E-state index contributed by atoms with van der Waals surface area (Å²) in [5.41, 5.74) is 0.999. The number of aromatic amines is 1. The van der Waals surface area contributed by atoms with Gasteiger partial charge < -0.3 is 9.72 Å². The molecular formula is C17H18N2O3. The van der Waals surface area contributed by atoms with Gasteiger partial charge in [-0.05, 0) is 32.0 Å². The first kappa shape index (κ1) is 13.5. The summed E-state index contributed by atoms with van der Waals surface area (Å²) in [5, 5.41) is 0.856. The van der Waals surface area contributed by atoms with E-state index in [9.17, 15) is 9.59 Å². The Morgan fingerprint density at radius 2 is 2.05 bits per heavy atom. The van der Waals surface area contributed by atoms with Crippen LogP contribution in [-0.2, 0) is 9.53 Å². The van der Waals surface area contributed by atoms with Crippen LogP contribution >= 0.6 is 0 Å². The maximum absolute atomic E-state index is 12.4. The number of para-hydroxylation sites is 1. The van der Waals surface area contributed by atoms with Gasteiger partial charge in [-0.25, -0.2) is 4.79 Å². The Morgan fingerprint density at radius 3 is 2.82 bits per heavy atom. The van der Waals surface area contributed by atoms with Crippen LogP contribution in [0.2, 0.25) is 0 Å². The molecule has 0 atom stereocenters. The van der Waals surface area contributed by atoms with Crippen molar-refractivity contribution in [3.8, 4) is 0 Å². The molecule has 22 heavy (non-hydrogen) atoms. The number of hydrogen-bond acceptors (Lipinski definition) is 4. The predicted molar refractivity (Wildman–Crippen MR) is 81.7 cm³/mol. The third-order valence-corrected chi connectivity index (χ3v) is 5.06. The molecule has 0 radical (unpaired) electrons. The quantitative estimate of drug-likeness (QED) is 0.880. The van der Waals surface area contributed by atoms with E-state index < -0.39 is 5.41 Å². The number of ether oxygens (including phenoxy) is 1. The van der Waals surface area contributed by atoms with Crippen LogP contribution < -0.4 is 0 Å². The fourth-order valence-corrected chi connectivity index (χ4v) is 3.54. The van der Waals surface area contributed by atoms with Gasteiger partial charge in [0.25, 0.3) is 0 Å². The minimum Gasteiger partial charge on any atom is -0.461 e. The van der Waals surface area contributed by atoms with Gasteiger partial charge in [0.05, 0.1) is 17.5 Å². The molecule has 2 bridgehead atoms. The third kappa shape index (κ3) is 2.04. The number of rotatable bonds is 3. The van der Waals surface area contributed by atoms with E-state index in [4.69, 9.17) is 4.74 Å². The summed E-state index contributed by atoms with van der Waals surface area (Å²) in [7, 11) is 0. The summed E-state index contributed by atoms with van der Waals surface area (Å²) >= 11 is 0. The maximum atomic E-state index is 12.4. The van der Waals surface area contributed by atoms with Crippen molar-refractivity contribution in [1.29, 1.82) is 0 Å². The number of carbonyl (C=O) groups excluding carboxylic acids is 2. The second kappa shape index (κ2) is 4.95. The molecule has 0 aliphatic carbocycles. The van der Waals surface area contributed by atoms with Gasteiger partial charge in [-0.1, -0.05) is 18.2 Å². The lowest BCUT2D eigenvalue weighted by atomic mass is 9.72. The van der Waals surface area contributed by atoms with Gasteiger partial charge in [0.15, 0.2) is 5.78 Å². The number of hydrogen-bond donors (Lipinski definition) is 1. The smallest absolute Gasteiger partial charge is 0.340 e. The molecule has 3 fully saturated rings. The number of ketones is 1. The highest BCUT2D eigenvalue weighted by Gasteiger charge is 2.47. The lowest BCUT2D eigenvalue weighted by Gasteiger charge is -2.46. The van der Waals surface area contributed by atoms with Gasteiger partial charge in [-0.2, -0.15) is 0 Å². The molecule has 5 rings (SSSR count). The molecule has 4 heterocycles. The molecule has 5 nitrogen and oxygen atoms in total. The SMILES string of the molecule is O=C(OCC12CCN(CC1)CC2=O)c1c[nH]c2ccccc12. The average Bonchev–Trinajstić information content (AvgIpc) is 2.98. The lowest BCUT2D eigenvalue weighted by Crippen LogP contribution is -2.57. The maximum Gasteiger partial charge on any atom is 0.340 e. The van der Waals surface area contributed by atoms with Crippen LogP contribution in [0, 0.1) is 5.41 Å². The summed E-state index contributed by atoms with van der Waals surface area (Å²) in [6, 6.07) is 7.63. The first-order valence-corrected chi connectivity index (χ1v) is 7.67. The van der Waals surface area contributed by atoms with E-state index in [1.165, 1.54) is 0 Å². The molecule has 3 saturated heterocycles. The molecule has 114 valence electrons. The number of H-pyrrole nitrogens is 1. The molecule has 0 saturated carbocycles.